The Kier molecular flexibility index (Phi) is 1.84. The number of hydrogen-bond donors (Lipinski definition) is 2. The summed E-state index contributed by atoms with van der Waals surface area (Å²) in [5, 5.41) is 6.39. The first-order chi connectivity index (χ1) is 6.36. The molecule has 0 atom stereocenters. The predicted octanol–water partition coefficient (Wildman–Crippen LogP) is 1.18. The zero-order chi connectivity index (χ0) is 9.10. The summed E-state index contributed by atoms with van der Waals surface area (Å²) in [6.07, 6.45) is 3.19. The molecule has 0 fully saturated rings. The maximum absolute atomic E-state index is 5.54. The molecular formula is C8H8N4O. The normalized spacial score (nSPS) is 9.85. The number of aromatic nitrogens is 3. The molecule has 0 aliphatic rings. The van der Waals surface area contributed by atoms with Gasteiger partial charge in [-0.1, -0.05) is 6.07 Å². The lowest BCUT2D eigenvalue weighted by molar-refractivity contribution is 0.445. The third-order valence-corrected chi connectivity index (χ3v) is 1.47. The van der Waals surface area contributed by atoms with Crippen LogP contribution in [0.5, 0.6) is 11.8 Å². The number of H-pyrrole nitrogens is 1. The average Bonchev–Trinajstić information content (AvgIpc) is 2.54. The molecule has 0 aromatic carbocycles. The van der Waals surface area contributed by atoms with E-state index in [-0.39, 0.29) is 0 Å². The van der Waals surface area contributed by atoms with Gasteiger partial charge in [0.25, 0.3) is 5.88 Å². The van der Waals surface area contributed by atoms with Gasteiger partial charge in [-0.3, -0.25) is 5.10 Å². The van der Waals surface area contributed by atoms with E-state index in [0.29, 0.717) is 17.4 Å². The minimum absolute atomic E-state index is 0.346. The highest BCUT2D eigenvalue weighted by molar-refractivity contribution is 5.46. The number of pyridine rings is 1. The van der Waals surface area contributed by atoms with Crippen LogP contribution in [0.4, 0.5) is 5.69 Å². The number of ether oxygens (including phenoxy) is 1. The molecule has 0 amide bonds. The lowest BCUT2D eigenvalue weighted by Crippen LogP contribution is -1.90. The van der Waals surface area contributed by atoms with Gasteiger partial charge < -0.3 is 10.5 Å². The van der Waals surface area contributed by atoms with E-state index in [1.54, 1.807) is 24.5 Å². The summed E-state index contributed by atoms with van der Waals surface area (Å²) in [6, 6.07) is 5.36. The Morgan fingerprint density at radius 1 is 1.38 bits per heavy atom. The van der Waals surface area contributed by atoms with E-state index in [1.807, 2.05) is 6.07 Å². The van der Waals surface area contributed by atoms with Gasteiger partial charge >= 0.3 is 0 Å². The number of nitrogen functional groups attached to an aromatic ring is 1. The Balaban J connectivity index is 2.20. The van der Waals surface area contributed by atoms with Crippen LogP contribution in [0, 0.1) is 0 Å². The molecule has 0 unspecified atom stereocenters. The van der Waals surface area contributed by atoms with E-state index in [2.05, 4.69) is 15.2 Å². The highest BCUT2D eigenvalue weighted by Crippen LogP contribution is 2.21. The highest BCUT2D eigenvalue weighted by atomic mass is 16.5. The van der Waals surface area contributed by atoms with E-state index in [4.69, 9.17) is 10.5 Å². The van der Waals surface area contributed by atoms with Crippen molar-refractivity contribution in [2.24, 2.45) is 0 Å². The summed E-state index contributed by atoms with van der Waals surface area (Å²) in [4.78, 5) is 3.96. The van der Waals surface area contributed by atoms with Crippen molar-refractivity contribution in [2.45, 2.75) is 0 Å². The third-order valence-electron chi connectivity index (χ3n) is 1.47. The van der Waals surface area contributed by atoms with Crippen molar-refractivity contribution in [3.05, 3.63) is 30.6 Å². The Hall–Kier alpha value is -2.04. The van der Waals surface area contributed by atoms with Gasteiger partial charge in [0.05, 0.1) is 0 Å². The summed E-state index contributed by atoms with van der Waals surface area (Å²) < 4.78 is 5.27. The fourth-order valence-electron chi connectivity index (χ4n) is 0.875. The van der Waals surface area contributed by atoms with Crippen molar-refractivity contribution in [2.75, 3.05) is 5.73 Å². The standard InChI is InChI=1S/C8H8N4O/c9-6-5-11-12-8(6)13-7-3-1-2-4-10-7/h1-5H,9H2,(H,11,12). The molecule has 2 heterocycles. The van der Waals surface area contributed by atoms with Crippen LogP contribution in [-0.2, 0) is 0 Å². The van der Waals surface area contributed by atoms with Crippen LogP contribution in [-0.4, -0.2) is 15.2 Å². The smallest absolute Gasteiger partial charge is 0.262 e. The van der Waals surface area contributed by atoms with Crippen LogP contribution < -0.4 is 10.5 Å². The Labute approximate surface area is 74.6 Å². The first-order valence-corrected chi connectivity index (χ1v) is 3.74. The van der Waals surface area contributed by atoms with Gasteiger partial charge in [0, 0.05) is 18.5 Å². The number of nitrogens with zero attached hydrogens (tertiary/aromatic N) is 2. The molecule has 0 saturated heterocycles. The SMILES string of the molecule is Nc1c[nH]nc1Oc1ccccn1. The van der Waals surface area contributed by atoms with Gasteiger partial charge in [-0.25, -0.2) is 4.98 Å². The molecule has 0 aliphatic carbocycles. The molecule has 0 aliphatic heterocycles. The summed E-state index contributed by atoms with van der Waals surface area (Å²) in [6.45, 7) is 0. The number of hydrogen-bond acceptors (Lipinski definition) is 4. The van der Waals surface area contributed by atoms with Gasteiger partial charge in [-0.05, 0) is 6.07 Å². The second kappa shape index (κ2) is 3.14. The van der Waals surface area contributed by atoms with E-state index >= 15 is 0 Å². The molecule has 2 aromatic heterocycles. The van der Waals surface area contributed by atoms with Crippen molar-refractivity contribution in [1.82, 2.24) is 15.2 Å². The molecule has 0 bridgehead atoms. The maximum Gasteiger partial charge on any atom is 0.262 e. The van der Waals surface area contributed by atoms with E-state index in [1.165, 1.54) is 0 Å². The molecule has 2 aromatic rings. The summed E-state index contributed by atoms with van der Waals surface area (Å²) in [7, 11) is 0. The molecule has 0 radical (unpaired) electrons. The summed E-state index contributed by atoms with van der Waals surface area (Å²) in [5.41, 5.74) is 6.01. The average molecular weight is 176 g/mol. The van der Waals surface area contributed by atoms with Crippen molar-refractivity contribution in [3.8, 4) is 11.8 Å². The fraction of sp³-hybridized carbons (Fsp3) is 0. The Morgan fingerprint density at radius 3 is 2.92 bits per heavy atom. The molecule has 5 nitrogen and oxygen atoms in total. The minimum atomic E-state index is 0.346. The van der Waals surface area contributed by atoms with Gasteiger partial charge in [0.2, 0.25) is 5.88 Å². The fourth-order valence-corrected chi connectivity index (χ4v) is 0.875. The summed E-state index contributed by atoms with van der Waals surface area (Å²) >= 11 is 0. The van der Waals surface area contributed by atoms with Gasteiger partial charge in [-0.2, -0.15) is 0 Å². The lowest BCUT2D eigenvalue weighted by Gasteiger charge is -1.99. The predicted molar refractivity (Wildman–Crippen MR) is 47.3 cm³/mol. The molecule has 0 spiro atoms. The van der Waals surface area contributed by atoms with Crippen LogP contribution in [0.1, 0.15) is 0 Å². The molecular weight excluding hydrogens is 168 g/mol. The third kappa shape index (κ3) is 1.58. The molecule has 66 valence electrons. The molecule has 13 heavy (non-hydrogen) atoms. The largest absolute Gasteiger partial charge is 0.417 e. The lowest BCUT2D eigenvalue weighted by atomic mass is 10.5. The zero-order valence-corrected chi connectivity index (χ0v) is 6.77. The van der Waals surface area contributed by atoms with Crippen LogP contribution >= 0.6 is 0 Å². The van der Waals surface area contributed by atoms with Crippen molar-refractivity contribution in [3.63, 3.8) is 0 Å². The number of anilines is 1. The van der Waals surface area contributed by atoms with Crippen LogP contribution in [0.2, 0.25) is 0 Å². The van der Waals surface area contributed by atoms with E-state index in [9.17, 15) is 0 Å². The van der Waals surface area contributed by atoms with Crippen molar-refractivity contribution in [1.29, 1.82) is 0 Å². The van der Waals surface area contributed by atoms with Crippen LogP contribution in [0.25, 0.3) is 0 Å². The maximum atomic E-state index is 5.54. The van der Waals surface area contributed by atoms with Gasteiger partial charge in [0.15, 0.2) is 0 Å². The quantitative estimate of drug-likeness (QED) is 0.720. The zero-order valence-electron chi connectivity index (χ0n) is 6.77. The molecule has 3 N–H and O–H groups in total. The summed E-state index contributed by atoms with van der Waals surface area (Å²) in [5.74, 6) is 0.819. The monoisotopic (exact) mass is 176 g/mol. The molecule has 2 rings (SSSR count). The van der Waals surface area contributed by atoms with E-state index in [0.717, 1.165) is 0 Å². The van der Waals surface area contributed by atoms with Gasteiger partial charge in [0.1, 0.15) is 5.69 Å². The number of aromatic amines is 1. The van der Waals surface area contributed by atoms with Crippen molar-refractivity contribution < 1.29 is 4.74 Å². The van der Waals surface area contributed by atoms with Gasteiger partial charge in [-0.15, -0.1) is 5.10 Å². The number of nitrogens with one attached hydrogen (secondary N) is 1. The Bertz CT molecular complexity index is 384. The number of rotatable bonds is 2. The minimum Gasteiger partial charge on any atom is -0.417 e. The topological polar surface area (TPSA) is 76.8 Å². The second-order valence-corrected chi connectivity index (χ2v) is 2.42. The highest BCUT2D eigenvalue weighted by Gasteiger charge is 2.03. The van der Waals surface area contributed by atoms with E-state index < -0.39 is 0 Å². The first-order valence-electron chi connectivity index (χ1n) is 3.74. The Morgan fingerprint density at radius 2 is 2.31 bits per heavy atom. The van der Waals surface area contributed by atoms with Crippen molar-refractivity contribution >= 4 is 5.69 Å². The molecule has 0 saturated carbocycles. The molecule has 5 heteroatoms. The van der Waals surface area contributed by atoms with Crippen LogP contribution in [0.15, 0.2) is 30.6 Å². The second-order valence-electron chi connectivity index (χ2n) is 2.42. The number of nitrogens with two attached hydrogens (primary N) is 1. The van der Waals surface area contributed by atoms with Crippen LogP contribution in [0.3, 0.4) is 0 Å². The first kappa shape index (κ1) is 7.60.